The number of carboxylic acid groups (broad SMARTS) is 1. The maximum atomic E-state index is 12.6. The summed E-state index contributed by atoms with van der Waals surface area (Å²) in [6, 6.07) is 3.14. The van der Waals surface area contributed by atoms with Gasteiger partial charge in [-0.2, -0.15) is 0 Å². The summed E-state index contributed by atoms with van der Waals surface area (Å²) >= 11 is 0. The zero-order valence-electron chi connectivity index (χ0n) is 17.5. The van der Waals surface area contributed by atoms with Gasteiger partial charge in [0.1, 0.15) is 17.8 Å². The molecule has 1 rings (SSSR count). The van der Waals surface area contributed by atoms with Gasteiger partial charge >= 0.3 is 5.97 Å². The van der Waals surface area contributed by atoms with Gasteiger partial charge in [0.2, 0.25) is 17.7 Å². The van der Waals surface area contributed by atoms with Gasteiger partial charge in [0.15, 0.2) is 0 Å². The Kier molecular flexibility index (Phi) is 11.0. The summed E-state index contributed by atoms with van der Waals surface area (Å²) in [6.45, 7) is 1.43. The zero-order valence-corrected chi connectivity index (χ0v) is 17.5. The fraction of sp³-hybridized carbons (Fsp3) is 0.500. The Morgan fingerprint density at radius 1 is 1.00 bits per heavy atom. The summed E-state index contributed by atoms with van der Waals surface area (Å²) in [5.74, 6) is -2.97. The zero-order chi connectivity index (χ0) is 23.4. The number of rotatable bonds is 13. The number of phenols is 1. The number of carboxylic acids is 1. The van der Waals surface area contributed by atoms with Gasteiger partial charge in [-0.25, -0.2) is 4.79 Å². The average molecular weight is 437 g/mol. The Balaban J connectivity index is 2.71. The SMILES string of the molecule is CC(N)C(=O)NC(Cc1ccc(O)cc1)C(=O)NCC(=O)NC(CCCCN)C(=O)O. The molecule has 3 atom stereocenters. The number of nitrogens with one attached hydrogen (secondary N) is 3. The molecule has 3 amide bonds. The van der Waals surface area contributed by atoms with Crippen molar-refractivity contribution in [2.75, 3.05) is 13.1 Å². The number of carbonyl (C=O) groups excluding carboxylic acids is 3. The molecule has 0 bridgehead atoms. The molecule has 0 aliphatic rings. The standard InChI is InChI=1S/C20H31N5O6/c1-12(22)18(28)25-16(10-13-5-7-14(26)8-6-13)19(29)23-11-17(27)24-15(20(30)31)4-2-3-9-21/h5-8,12,15-16,26H,2-4,9-11,21-22H2,1H3,(H,23,29)(H,24,27)(H,25,28)(H,30,31). The van der Waals surface area contributed by atoms with Crippen molar-refractivity contribution in [1.29, 1.82) is 0 Å². The molecule has 31 heavy (non-hydrogen) atoms. The van der Waals surface area contributed by atoms with E-state index in [1.54, 1.807) is 12.1 Å². The van der Waals surface area contributed by atoms with Gasteiger partial charge in [-0.3, -0.25) is 14.4 Å². The first-order valence-electron chi connectivity index (χ1n) is 9.97. The summed E-state index contributed by atoms with van der Waals surface area (Å²) in [5.41, 5.74) is 11.6. The second kappa shape index (κ2) is 13.2. The van der Waals surface area contributed by atoms with Crippen LogP contribution in [0.15, 0.2) is 24.3 Å². The van der Waals surface area contributed by atoms with Crippen molar-refractivity contribution in [3.05, 3.63) is 29.8 Å². The predicted octanol–water partition coefficient (Wildman–Crippen LogP) is -1.42. The molecule has 0 radical (unpaired) electrons. The molecule has 0 fully saturated rings. The van der Waals surface area contributed by atoms with Crippen LogP contribution in [0.2, 0.25) is 0 Å². The van der Waals surface area contributed by atoms with E-state index in [-0.39, 0.29) is 18.6 Å². The molecule has 172 valence electrons. The first kappa shape index (κ1) is 25.9. The van der Waals surface area contributed by atoms with Crippen molar-refractivity contribution in [3.8, 4) is 5.75 Å². The smallest absolute Gasteiger partial charge is 0.326 e. The molecule has 3 unspecified atom stereocenters. The Bertz CT molecular complexity index is 753. The van der Waals surface area contributed by atoms with Crippen LogP contribution in [0.3, 0.4) is 0 Å². The second-order valence-electron chi connectivity index (χ2n) is 7.18. The normalized spacial score (nSPS) is 13.5. The van der Waals surface area contributed by atoms with E-state index in [1.807, 2.05) is 0 Å². The van der Waals surface area contributed by atoms with Crippen LogP contribution in [0.1, 0.15) is 31.7 Å². The third kappa shape index (κ3) is 9.92. The number of hydrogen-bond donors (Lipinski definition) is 7. The van der Waals surface area contributed by atoms with E-state index in [4.69, 9.17) is 11.5 Å². The number of amides is 3. The summed E-state index contributed by atoms with van der Waals surface area (Å²) in [7, 11) is 0. The van der Waals surface area contributed by atoms with Gasteiger partial charge in [0.25, 0.3) is 0 Å². The number of aliphatic carboxylic acids is 1. The predicted molar refractivity (Wildman–Crippen MR) is 113 cm³/mol. The quantitative estimate of drug-likeness (QED) is 0.182. The largest absolute Gasteiger partial charge is 0.508 e. The van der Waals surface area contributed by atoms with Gasteiger partial charge in [-0.15, -0.1) is 0 Å². The number of benzene rings is 1. The minimum absolute atomic E-state index is 0.0560. The highest BCUT2D eigenvalue weighted by Gasteiger charge is 2.24. The topological polar surface area (TPSA) is 197 Å². The lowest BCUT2D eigenvalue weighted by atomic mass is 10.0. The maximum Gasteiger partial charge on any atom is 0.326 e. The van der Waals surface area contributed by atoms with Crippen molar-refractivity contribution in [2.45, 2.75) is 50.7 Å². The fourth-order valence-corrected chi connectivity index (χ4v) is 2.67. The van der Waals surface area contributed by atoms with Gasteiger partial charge in [0, 0.05) is 6.42 Å². The summed E-state index contributed by atoms with van der Waals surface area (Å²) in [6.07, 6.45) is 1.50. The molecule has 0 spiro atoms. The van der Waals surface area contributed by atoms with Gasteiger partial charge in [-0.1, -0.05) is 12.1 Å². The van der Waals surface area contributed by atoms with Crippen LogP contribution in [0.25, 0.3) is 0 Å². The molecule has 0 heterocycles. The number of aromatic hydroxyl groups is 1. The third-order valence-electron chi connectivity index (χ3n) is 4.43. The molecule has 11 nitrogen and oxygen atoms in total. The summed E-state index contributed by atoms with van der Waals surface area (Å²) < 4.78 is 0. The average Bonchev–Trinajstić information content (AvgIpc) is 2.72. The highest BCUT2D eigenvalue weighted by molar-refractivity contribution is 5.92. The van der Waals surface area contributed by atoms with Crippen LogP contribution in [-0.2, 0) is 25.6 Å². The summed E-state index contributed by atoms with van der Waals surface area (Å²) in [5, 5.41) is 25.9. The molecular weight excluding hydrogens is 406 g/mol. The van der Waals surface area contributed by atoms with Crippen molar-refractivity contribution >= 4 is 23.7 Å². The molecule has 0 saturated carbocycles. The van der Waals surface area contributed by atoms with E-state index in [1.165, 1.54) is 19.1 Å². The van der Waals surface area contributed by atoms with E-state index < -0.39 is 48.4 Å². The van der Waals surface area contributed by atoms with Crippen LogP contribution in [0, 0.1) is 0 Å². The Morgan fingerprint density at radius 2 is 1.65 bits per heavy atom. The van der Waals surface area contributed by atoms with E-state index in [0.29, 0.717) is 24.9 Å². The lowest BCUT2D eigenvalue weighted by Crippen LogP contribution is -2.53. The van der Waals surface area contributed by atoms with Gasteiger partial charge < -0.3 is 37.6 Å². The Labute approximate surface area is 180 Å². The summed E-state index contributed by atoms with van der Waals surface area (Å²) in [4.78, 5) is 47.9. The van der Waals surface area contributed by atoms with Crippen molar-refractivity contribution in [3.63, 3.8) is 0 Å². The number of phenolic OH excluding ortho intramolecular Hbond substituents is 1. The lowest BCUT2D eigenvalue weighted by molar-refractivity contribution is -0.142. The molecule has 11 heteroatoms. The third-order valence-corrected chi connectivity index (χ3v) is 4.43. The molecule has 0 aromatic heterocycles. The molecule has 0 aliphatic carbocycles. The van der Waals surface area contributed by atoms with E-state index in [9.17, 15) is 29.4 Å². The highest BCUT2D eigenvalue weighted by atomic mass is 16.4. The van der Waals surface area contributed by atoms with Crippen molar-refractivity contribution < 1.29 is 29.4 Å². The van der Waals surface area contributed by atoms with Crippen LogP contribution < -0.4 is 27.4 Å². The van der Waals surface area contributed by atoms with Crippen LogP contribution in [0.5, 0.6) is 5.75 Å². The number of unbranched alkanes of at least 4 members (excludes halogenated alkanes) is 1. The number of nitrogens with two attached hydrogens (primary N) is 2. The maximum absolute atomic E-state index is 12.6. The highest BCUT2D eigenvalue weighted by Crippen LogP contribution is 2.11. The van der Waals surface area contributed by atoms with Crippen molar-refractivity contribution in [1.82, 2.24) is 16.0 Å². The lowest BCUT2D eigenvalue weighted by Gasteiger charge is -2.20. The molecule has 9 N–H and O–H groups in total. The molecule has 1 aromatic rings. The van der Waals surface area contributed by atoms with Crippen LogP contribution >= 0.6 is 0 Å². The van der Waals surface area contributed by atoms with Gasteiger partial charge in [-0.05, 0) is 50.4 Å². The first-order chi connectivity index (χ1) is 14.6. The van der Waals surface area contributed by atoms with Gasteiger partial charge in [0.05, 0.1) is 12.6 Å². The molecular formula is C20H31N5O6. The minimum Gasteiger partial charge on any atom is -0.508 e. The van der Waals surface area contributed by atoms with Crippen LogP contribution in [0.4, 0.5) is 0 Å². The number of carbonyl (C=O) groups is 4. The minimum atomic E-state index is -1.17. The van der Waals surface area contributed by atoms with E-state index >= 15 is 0 Å². The first-order valence-corrected chi connectivity index (χ1v) is 9.97. The fourth-order valence-electron chi connectivity index (χ4n) is 2.67. The van der Waals surface area contributed by atoms with E-state index in [2.05, 4.69) is 16.0 Å². The van der Waals surface area contributed by atoms with E-state index in [0.717, 1.165) is 0 Å². The monoisotopic (exact) mass is 437 g/mol. The second-order valence-corrected chi connectivity index (χ2v) is 7.18. The van der Waals surface area contributed by atoms with Crippen LogP contribution in [-0.4, -0.2) is 65.1 Å². The Morgan fingerprint density at radius 3 is 2.19 bits per heavy atom. The molecule has 1 aromatic carbocycles. The molecule has 0 saturated heterocycles. The molecule has 0 aliphatic heterocycles. The number of hydrogen-bond acceptors (Lipinski definition) is 7. The Hall–Kier alpha value is -3.18. The van der Waals surface area contributed by atoms with Crippen molar-refractivity contribution in [2.24, 2.45) is 11.5 Å².